The van der Waals surface area contributed by atoms with Crippen molar-refractivity contribution in [3.8, 4) is 0 Å². The number of amides is 1. The van der Waals surface area contributed by atoms with E-state index in [1.54, 1.807) is 12.1 Å². The van der Waals surface area contributed by atoms with Crippen LogP contribution >= 0.6 is 0 Å². The van der Waals surface area contributed by atoms with Crippen molar-refractivity contribution in [2.45, 2.75) is 19.3 Å². The summed E-state index contributed by atoms with van der Waals surface area (Å²) < 4.78 is 0. The Balaban J connectivity index is 1.81. The topological polar surface area (TPSA) is 64.9 Å². The summed E-state index contributed by atoms with van der Waals surface area (Å²) in [4.78, 5) is 14.3. The van der Waals surface area contributed by atoms with E-state index in [1.807, 2.05) is 18.2 Å². The maximum atomic E-state index is 12.0. The zero-order valence-corrected chi connectivity index (χ0v) is 11.6. The van der Waals surface area contributed by atoms with Crippen molar-refractivity contribution in [2.24, 2.45) is 5.16 Å². The molecule has 108 valence electrons. The van der Waals surface area contributed by atoms with Crippen LogP contribution in [0.3, 0.4) is 0 Å². The predicted octanol–water partition coefficient (Wildman–Crippen LogP) is 1.47. The third-order valence-electron chi connectivity index (χ3n) is 3.52. The second-order valence-electron chi connectivity index (χ2n) is 4.97. The molecule has 20 heavy (non-hydrogen) atoms. The molecule has 1 aliphatic rings. The summed E-state index contributed by atoms with van der Waals surface area (Å²) in [6.07, 6.45) is 3.78. The second-order valence-corrected chi connectivity index (χ2v) is 4.97. The smallest absolute Gasteiger partial charge is 0.273 e. The SMILES string of the molecule is O=C(NCCN1CCCCC1)/C(=N\O)c1ccccc1. The highest BCUT2D eigenvalue weighted by Crippen LogP contribution is 2.07. The first kappa shape index (κ1) is 14.5. The molecular weight excluding hydrogens is 254 g/mol. The van der Waals surface area contributed by atoms with Crippen LogP contribution in [0.2, 0.25) is 0 Å². The highest BCUT2D eigenvalue weighted by molar-refractivity contribution is 6.45. The lowest BCUT2D eigenvalue weighted by Gasteiger charge is -2.26. The van der Waals surface area contributed by atoms with Crippen molar-refractivity contribution in [3.05, 3.63) is 35.9 Å². The molecule has 1 fully saturated rings. The van der Waals surface area contributed by atoms with Gasteiger partial charge in [-0.05, 0) is 25.9 Å². The van der Waals surface area contributed by atoms with E-state index >= 15 is 0 Å². The van der Waals surface area contributed by atoms with Crippen molar-refractivity contribution in [2.75, 3.05) is 26.2 Å². The summed E-state index contributed by atoms with van der Waals surface area (Å²) in [6, 6.07) is 8.97. The number of likely N-dealkylation sites (tertiary alicyclic amines) is 1. The first-order chi connectivity index (χ1) is 9.81. The third-order valence-corrected chi connectivity index (χ3v) is 3.52. The summed E-state index contributed by atoms with van der Waals surface area (Å²) in [6.45, 7) is 3.63. The van der Waals surface area contributed by atoms with Crippen molar-refractivity contribution < 1.29 is 10.0 Å². The maximum absolute atomic E-state index is 12.0. The van der Waals surface area contributed by atoms with E-state index in [-0.39, 0.29) is 11.6 Å². The zero-order chi connectivity index (χ0) is 14.2. The number of hydrogen-bond acceptors (Lipinski definition) is 4. The molecule has 0 atom stereocenters. The molecule has 1 aliphatic heterocycles. The Hall–Kier alpha value is -1.88. The Morgan fingerprint density at radius 2 is 1.90 bits per heavy atom. The molecule has 0 unspecified atom stereocenters. The van der Waals surface area contributed by atoms with Crippen molar-refractivity contribution >= 4 is 11.6 Å². The molecule has 1 saturated heterocycles. The molecule has 1 amide bonds. The highest BCUT2D eigenvalue weighted by atomic mass is 16.4. The fraction of sp³-hybridized carbons (Fsp3) is 0.467. The van der Waals surface area contributed by atoms with Crippen LogP contribution in [0.15, 0.2) is 35.5 Å². The van der Waals surface area contributed by atoms with Crippen LogP contribution < -0.4 is 5.32 Å². The number of piperidine rings is 1. The third kappa shape index (κ3) is 4.06. The van der Waals surface area contributed by atoms with Crippen molar-refractivity contribution in [3.63, 3.8) is 0 Å². The molecule has 1 aromatic carbocycles. The van der Waals surface area contributed by atoms with Crippen LogP contribution in [0, 0.1) is 0 Å². The number of benzene rings is 1. The van der Waals surface area contributed by atoms with Gasteiger partial charge >= 0.3 is 0 Å². The molecule has 0 aromatic heterocycles. The van der Waals surface area contributed by atoms with Crippen LogP contribution in [-0.4, -0.2) is 47.9 Å². The van der Waals surface area contributed by atoms with Gasteiger partial charge in [0.15, 0.2) is 5.71 Å². The van der Waals surface area contributed by atoms with Gasteiger partial charge in [-0.15, -0.1) is 0 Å². The largest absolute Gasteiger partial charge is 0.410 e. The zero-order valence-electron chi connectivity index (χ0n) is 11.6. The number of carbonyl (C=O) groups excluding carboxylic acids is 1. The summed E-state index contributed by atoms with van der Waals surface area (Å²) in [5.74, 6) is -0.337. The molecule has 5 heteroatoms. The van der Waals surface area contributed by atoms with E-state index in [0.29, 0.717) is 12.1 Å². The van der Waals surface area contributed by atoms with Gasteiger partial charge in [0.05, 0.1) is 0 Å². The summed E-state index contributed by atoms with van der Waals surface area (Å²) in [5.41, 5.74) is 0.676. The summed E-state index contributed by atoms with van der Waals surface area (Å²) in [7, 11) is 0. The van der Waals surface area contributed by atoms with Crippen LogP contribution in [0.4, 0.5) is 0 Å². The predicted molar refractivity (Wildman–Crippen MR) is 78.1 cm³/mol. The minimum absolute atomic E-state index is 0.0595. The Kier molecular flexibility index (Phi) is 5.55. The van der Waals surface area contributed by atoms with Crippen LogP contribution in [-0.2, 0) is 4.79 Å². The van der Waals surface area contributed by atoms with Gasteiger partial charge in [0.1, 0.15) is 0 Å². The van der Waals surface area contributed by atoms with Gasteiger partial charge in [-0.1, -0.05) is 41.9 Å². The Morgan fingerprint density at radius 1 is 1.20 bits per heavy atom. The molecule has 0 bridgehead atoms. The molecule has 0 saturated carbocycles. The highest BCUT2D eigenvalue weighted by Gasteiger charge is 2.15. The van der Waals surface area contributed by atoms with Crippen LogP contribution in [0.1, 0.15) is 24.8 Å². The molecule has 0 radical (unpaired) electrons. The quantitative estimate of drug-likeness (QED) is 0.486. The number of carbonyl (C=O) groups is 1. The van der Waals surface area contributed by atoms with E-state index < -0.39 is 0 Å². The van der Waals surface area contributed by atoms with Gasteiger partial charge in [0.25, 0.3) is 5.91 Å². The number of nitrogens with one attached hydrogen (secondary N) is 1. The Morgan fingerprint density at radius 3 is 2.55 bits per heavy atom. The van der Waals surface area contributed by atoms with Crippen LogP contribution in [0.25, 0.3) is 0 Å². The summed E-state index contributed by atoms with van der Waals surface area (Å²) in [5, 5.41) is 14.9. The van der Waals surface area contributed by atoms with Crippen molar-refractivity contribution in [1.29, 1.82) is 0 Å². The van der Waals surface area contributed by atoms with E-state index in [0.717, 1.165) is 19.6 Å². The second kappa shape index (κ2) is 7.65. The van der Waals surface area contributed by atoms with Gasteiger partial charge < -0.3 is 15.4 Å². The van der Waals surface area contributed by atoms with E-state index in [1.165, 1.54) is 19.3 Å². The number of nitrogens with zero attached hydrogens (tertiary/aromatic N) is 2. The molecule has 2 rings (SSSR count). The molecule has 0 aliphatic carbocycles. The van der Waals surface area contributed by atoms with Crippen molar-refractivity contribution in [1.82, 2.24) is 10.2 Å². The molecule has 0 spiro atoms. The lowest BCUT2D eigenvalue weighted by atomic mass is 10.1. The molecule has 5 nitrogen and oxygen atoms in total. The molecular formula is C15H21N3O2. The van der Waals surface area contributed by atoms with Crippen LogP contribution in [0.5, 0.6) is 0 Å². The minimum atomic E-state index is -0.337. The van der Waals surface area contributed by atoms with Gasteiger partial charge in [0.2, 0.25) is 0 Å². The maximum Gasteiger partial charge on any atom is 0.273 e. The fourth-order valence-corrected chi connectivity index (χ4v) is 2.42. The van der Waals surface area contributed by atoms with Gasteiger partial charge in [0, 0.05) is 18.7 Å². The summed E-state index contributed by atoms with van der Waals surface area (Å²) >= 11 is 0. The normalized spacial score (nSPS) is 16.9. The first-order valence-electron chi connectivity index (χ1n) is 7.09. The lowest BCUT2D eigenvalue weighted by Crippen LogP contribution is -2.40. The van der Waals surface area contributed by atoms with E-state index in [2.05, 4.69) is 15.4 Å². The Labute approximate surface area is 119 Å². The number of oxime groups is 1. The lowest BCUT2D eigenvalue weighted by molar-refractivity contribution is -0.114. The monoisotopic (exact) mass is 275 g/mol. The van der Waals surface area contributed by atoms with Gasteiger partial charge in [-0.2, -0.15) is 0 Å². The van der Waals surface area contributed by atoms with Gasteiger partial charge in [-0.3, -0.25) is 4.79 Å². The Bertz CT molecular complexity index is 453. The van der Waals surface area contributed by atoms with E-state index in [4.69, 9.17) is 5.21 Å². The number of rotatable bonds is 5. The van der Waals surface area contributed by atoms with Gasteiger partial charge in [-0.25, -0.2) is 0 Å². The fourth-order valence-electron chi connectivity index (χ4n) is 2.42. The average Bonchev–Trinajstić information content (AvgIpc) is 2.50. The molecule has 1 heterocycles. The molecule has 1 aromatic rings. The molecule has 2 N–H and O–H groups in total. The minimum Gasteiger partial charge on any atom is -0.410 e. The first-order valence-corrected chi connectivity index (χ1v) is 7.09. The standard InChI is InChI=1S/C15H21N3O2/c19-15(14(17-20)13-7-3-1-4-8-13)16-9-12-18-10-5-2-6-11-18/h1,3-4,7-8,20H,2,5-6,9-12H2,(H,16,19)/b17-14-. The average molecular weight is 275 g/mol. The van der Waals surface area contributed by atoms with E-state index in [9.17, 15) is 4.79 Å². The number of hydrogen-bond donors (Lipinski definition) is 2.